The Morgan fingerprint density at radius 1 is 1.69 bits per heavy atom. The third-order valence-electron chi connectivity index (χ3n) is 1.75. The number of hydrogen-bond acceptors (Lipinski definition) is 2. The lowest BCUT2D eigenvalue weighted by atomic mass is 10.3. The molecule has 0 aliphatic heterocycles. The lowest BCUT2D eigenvalue weighted by Crippen LogP contribution is -2.09. The Balaban J connectivity index is 3.10. The second kappa shape index (κ2) is 3.66. The van der Waals surface area contributed by atoms with E-state index in [1.165, 1.54) is 4.57 Å². The number of oxazole rings is 1. The smallest absolute Gasteiger partial charge is 0.408 e. The highest BCUT2D eigenvalue weighted by molar-refractivity contribution is 6.31. The van der Waals surface area contributed by atoms with Crippen molar-refractivity contribution in [3.8, 4) is 0 Å². The Bertz CT molecular complexity index is 412. The molecule has 0 saturated carbocycles. The minimum atomic E-state index is -0.377. The fourth-order valence-corrected chi connectivity index (χ4v) is 0.922. The molecule has 0 aliphatic rings. The largest absolute Gasteiger partial charge is 0.419 e. The molecule has 13 heavy (non-hydrogen) atoms. The van der Waals surface area contributed by atoms with Gasteiger partial charge >= 0.3 is 5.76 Å². The molecule has 0 spiro atoms. The van der Waals surface area contributed by atoms with Gasteiger partial charge in [0.05, 0.1) is 5.69 Å². The monoisotopic (exact) mass is 199 g/mol. The molecule has 1 rings (SSSR count). The highest BCUT2D eigenvalue weighted by Gasteiger charge is 2.05. The van der Waals surface area contributed by atoms with E-state index in [4.69, 9.17) is 16.0 Å². The standard InChI is InChI=1S/C9H10ClNO2/c1-6(10)4-5-8-7(2)11(3)9(12)13-8/h4-5H,1H2,2-3H3/b5-4-. The molecule has 1 aromatic rings. The van der Waals surface area contributed by atoms with Crippen molar-refractivity contribution in [3.05, 3.63) is 39.7 Å². The highest BCUT2D eigenvalue weighted by Crippen LogP contribution is 2.09. The van der Waals surface area contributed by atoms with E-state index >= 15 is 0 Å². The average Bonchev–Trinajstić information content (AvgIpc) is 2.29. The van der Waals surface area contributed by atoms with E-state index in [-0.39, 0.29) is 5.76 Å². The van der Waals surface area contributed by atoms with Crippen molar-refractivity contribution in [1.29, 1.82) is 0 Å². The fraction of sp³-hybridized carbons (Fsp3) is 0.222. The number of rotatable bonds is 2. The molecule has 1 aromatic heterocycles. The van der Waals surface area contributed by atoms with Crippen LogP contribution in [0.1, 0.15) is 11.5 Å². The number of nitrogens with zero attached hydrogens (tertiary/aromatic N) is 1. The maximum absolute atomic E-state index is 11.0. The second-order valence-electron chi connectivity index (χ2n) is 2.66. The molecule has 0 unspecified atom stereocenters. The first-order chi connectivity index (χ1) is 6.02. The van der Waals surface area contributed by atoms with Gasteiger partial charge in [0, 0.05) is 12.1 Å². The van der Waals surface area contributed by atoms with E-state index in [2.05, 4.69) is 6.58 Å². The quantitative estimate of drug-likeness (QED) is 0.684. The van der Waals surface area contributed by atoms with Gasteiger partial charge in [-0.1, -0.05) is 18.2 Å². The van der Waals surface area contributed by atoms with Crippen LogP contribution < -0.4 is 5.76 Å². The molecule has 4 heteroatoms. The van der Waals surface area contributed by atoms with Crippen LogP contribution in [0.2, 0.25) is 0 Å². The predicted octanol–water partition coefficient (Wildman–Crippen LogP) is 2.05. The molecule has 0 bridgehead atoms. The zero-order chi connectivity index (χ0) is 10.0. The Labute approximate surface area is 80.9 Å². The van der Waals surface area contributed by atoms with Gasteiger partial charge in [0.2, 0.25) is 0 Å². The maximum atomic E-state index is 11.0. The van der Waals surface area contributed by atoms with Crippen molar-refractivity contribution >= 4 is 17.7 Å². The van der Waals surface area contributed by atoms with Crippen LogP contribution in [0.4, 0.5) is 0 Å². The molecular formula is C9H10ClNO2. The van der Waals surface area contributed by atoms with Crippen LogP contribution in [-0.2, 0) is 7.05 Å². The Kier molecular flexibility index (Phi) is 2.78. The normalized spacial score (nSPS) is 11.0. The summed E-state index contributed by atoms with van der Waals surface area (Å²) in [7, 11) is 1.65. The molecule has 0 aliphatic carbocycles. The highest BCUT2D eigenvalue weighted by atomic mass is 35.5. The number of halogens is 1. The minimum absolute atomic E-state index is 0.377. The first kappa shape index (κ1) is 9.86. The van der Waals surface area contributed by atoms with Gasteiger partial charge in [-0.15, -0.1) is 0 Å². The van der Waals surface area contributed by atoms with Gasteiger partial charge in [-0.25, -0.2) is 4.79 Å². The summed E-state index contributed by atoms with van der Waals surface area (Å²) < 4.78 is 6.34. The van der Waals surface area contributed by atoms with Crippen molar-refractivity contribution in [2.24, 2.45) is 7.05 Å². The van der Waals surface area contributed by atoms with Gasteiger partial charge in [-0.05, 0) is 19.1 Å². The number of aromatic nitrogens is 1. The summed E-state index contributed by atoms with van der Waals surface area (Å²) in [5, 5.41) is 0.394. The van der Waals surface area contributed by atoms with Crippen LogP contribution in [0.25, 0.3) is 6.08 Å². The van der Waals surface area contributed by atoms with E-state index < -0.39 is 0 Å². The SMILES string of the molecule is C=C(Cl)/C=C\c1oc(=O)n(C)c1C. The van der Waals surface area contributed by atoms with E-state index in [0.717, 1.165) is 5.69 Å². The number of hydrogen-bond donors (Lipinski definition) is 0. The van der Waals surface area contributed by atoms with Gasteiger partial charge in [0.15, 0.2) is 5.76 Å². The maximum Gasteiger partial charge on any atom is 0.419 e. The molecule has 1 heterocycles. The van der Waals surface area contributed by atoms with Gasteiger partial charge < -0.3 is 4.42 Å². The first-order valence-corrected chi connectivity index (χ1v) is 4.09. The van der Waals surface area contributed by atoms with Gasteiger partial charge in [0.1, 0.15) is 0 Å². The van der Waals surface area contributed by atoms with Crippen molar-refractivity contribution in [1.82, 2.24) is 4.57 Å². The lowest BCUT2D eigenvalue weighted by molar-refractivity contribution is 0.487. The molecule has 0 fully saturated rings. The van der Waals surface area contributed by atoms with Crippen molar-refractivity contribution < 1.29 is 4.42 Å². The van der Waals surface area contributed by atoms with E-state index in [0.29, 0.717) is 10.8 Å². The molecule has 0 amide bonds. The third-order valence-corrected chi connectivity index (χ3v) is 1.87. The van der Waals surface area contributed by atoms with Crippen molar-refractivity contribution in [2.75, 3.05) is 0 Å². The zero-order valence-corrected chi connectivity index (χ0v) is 8.26. The zero-order valence-electron chi connectivity index (χ0n) is 7.50. The summed E-state index contributed by atoms with van der Waals surface area (Å²) in [5.74, 6) is 0.131. The average molecular weight is 200 g/mol. The Morgan fingerprint density at radius 3 is 2.69 bits per heavy atom. The molecule has 0 aromatic carbocycles. The van der Waals surface area contributed by atoms with Crippen LogP contribution in [-0.4, -0.2) is 4.57 Å². The molecule has 70 valence electrons. The van der Waals surface area contributed by atoms with Crippen LogP contribution in [0.15, 0.2) is 26.9 Å². The van der Waals surface area contributed by atoms with Crippen LogP contribution in [0, 0.1) is 6.92 Å². The first-order valence-electron chi connectivity index (χ1n) is 3.71. The second-order valence-corrected chi connectivity index (χ2v) is 3.14. The van der Waals surface area contributed by atoms with E-state index in [1.807, 2.05) is 0 Å². The molecule has 0 saturated heterocycles. The Morgan fingerprint density at radius 2 is 2.31 bits per heavy atom. The summed E-state index contributed by atoms with van der Waals surface area (Å²) in [4.78, 5) is 11.0. The summed E-state index contributed by atoms with van der Waals surface area (Å²) in [6.07, 6.45) is 3.19. The molecule has 0 radical (unpaired) electrons. The summed E-state index contributed by atoms with van der Waals surface area (Å²) >= 11 is 5.52. The predicted molar refractivity (Wildman–Crippen MR) is 52.7 cm³/mol. The molecule has 0 N–H and O–H groups in total. The lowest BCUT2D eigenvalue weighted by Gasteiger charge is -1.90. The van der Waals surface area contributed by atoms with Crippen LogP contribution in [0.3, 0.4) is 0 Å². The van der Waals surface area contributed by atoms with Gasteiger partial charge in [-0.3, -0.25) is 4.57 Å². The topological polar surface area (TPSA) is 35.1 Å². The summed E-state index contributed by atoms with van der Waals surface area (Å²) in [6.45, 7) is 5.27. The van der Waals surface area contributed by atoms with E-state index in [1.54, 1.807) is 26.1 Å². The van der Waals surface area contributed by atoms with Crippen molar-refractivity contribution in [3.63, 3.8) is 0 Å². The van der Waals surface area contributed by atoms with Crippen LogP contribution in [0.5, 0.6) is 0 Å². The van der Waals surface area contributed by atoms with Gasteiger partial charge in [-0.2, -0.15) is 0 Å². The molecular weight excluding hydrogens is 190 g/mol. The summed E-state index contributed by atoms with van der Waals surface area (Å²) in [6, 6.07) is 0. The van der Waals surface area contributed by atoms with Crippen LogP contribution >= 0.6 is 11.6 Å². The number of allylic oxidation sites excluding steroid dienone is 2. The summed E-state index contributed by atoms with van der Waals surface area (Å²) in [5.41, 5.74) is 0.763. The van der Waals surface area contributed by atoms with E-state index in [9.17, 15) is 4.79 Å². The Hall–Kier alpha value is -1.22. The fourth-order valence-electron chi connectivity index (χ4n) is 0.859. The van der Waals surface area contributed by atoms with Crippen molar-refractivity contribution in [2.45, 2.75) is 6.92 Å². The third kappa shape index (κ3) is 2.12. The minimum Gasteiger partial charge on any atom is -0.408 e. The molecule has 3 nitrogen and oxygen atoms in total. The van der Waals surface area contributed by atoms with Gasteiger partial charge in [0.25, 0.3) is 0 Å². The molecule has 0 atom stereocenters.